The Labute approximate surface area is 166 Å². The number of para-hydroxylation sites is 1. The number of hydrogen-bond donors (Lipinski definition) is 0. The highest BCUT2D eigenvalue weighted by atomic mass is 16.5. The minimum absolute atomic E-state index is 0.202. The summed E-state index contributed by atoms with van der Waals surface area (Å²) in [5.74, 6) is 0.627. The summed E-state index contributed by atoms with van der Waals surface area (Å²) >= 11 is 0. The molecule has 2 aliphatic heterocycles. The van der Waals surface area contributed by atoms with Gasteiger partial charge in [0.25, 0.3) is 5.91 Å². The molecule has 0 N–H and O–H groups in total. The summed E-state index contributed by atoms with van der Waals surface area (Å²) in [4.78, 5) is 24.6. The highest BCUT2D eigenvalue weighted by Crippen LogP contribution is 2.30. The molecule has 29 heavy (non-hydrogen) atoms. The molecule has 0 unspecified atom stereocenters. The lowest BCUT2D eigenvalue weighted by atomic mass is 10.0. The zero-order chi connectivity index (χ0) is 20.0. The van der Waals surface area contributed by atoms with E-state index in [0.29, 0.717) is 40.7 Å². The number of hydrazone groups is 1. The second kappa shape index (κ2) is 6.60. The van der Waals surface area contributed by atoms with Crippen molar-refractivity contribution in [3.05, 3.63) is 83.1 Å². The van der Waals surface area contributed by atoms with E-state index in [9.17, 15) is 9.59 Å². The lowest BCUT2D eigenvalue weighted by Gasteiger charge is -2.10. The number of fused-ring (bicyclic) bond motifs is 1. The van der Waals surface area contributed by atoms with Crippen LogP contribution in [-0.2, 0) is 16.1 Å². The molecule has 3 heterocycles. The molecule has 0 spiro atoms. The fourth-order valence-electron chi connectivity index (χ4n) is 3.42. The van der Waals surface area contributed by atoms with E-state index in [1.165, 1.54) is 5.01 Å². The van der Waals surface area contributed by atoms with Gasteiger partial charge in [-0.3, -0.25) is 4.79 Å². The third-order valence-corrected chi connectivity index (χ3v) is 4.95. The van der Waals surface area contributed by atoms with Crippen LogP contribution in [0.4, 0.5) is 5.69 Å². The van der Waals surface area contributed by atoms with E-state index < -0.39 is 0 Å². The van der Waals surface area contributed by atoms with Crippen molar-refractivity contribution < 1.29 is 18.7 Å². The Kier molecular flexibility index (Phi) is 3.91. The number of benzene rings is 2. The number of cyclic esters (lactones) is 1. The summed E-state index contributed by atoms with van der Waals surface area (Å²) in [6, 6.07) is 18.4. The first kappa shape index (κ1) is 17.2. The Morgan fingerprint density at radius 1 is 1.03 bits per heavy atom. The minimum atomic E-state index is -0.319. The van der Waals surface area contributed by atoms with Gasteiger partial charge in [0, 0.05) is 11.1 Å². The van der Waals surface area contributed by atoms with Crippen LogP contribution in [0, 0.1) is 0 Å². The fraction of sp³-hybridized carbons (Fsp3) is 0.0870. The summed E-state index contributed by atoms with van der Waals surface area (Å²) in [6.07, 6.45) is 1.69. The van der Waals surface area contributed by atoms with Crippen molar-refractivity contribution in [2.24, 2.45) is 5.10 Å². The first-order chi connectivity index (χ1) is 14.1. The van der Waals surface area contributed by atoms with E-state index in [1.54, 1.807) is 25.1 Å². The summed E-state index contributed by atoms with van der Waals surface area (Å²) in [6.45, 7) is 2.10. The third-order valence-electron chi connectivity index (χ3n) is 4.95. The molecule has 1 amide bonds. The summed E-state index contributed by atoms with van der Waals surface area (Å²) in [5.41, 5.74) is 4.03. The average molecular weight is 384 g/mol. The van der Waals surface area contributed by atoms with Crippen molar-refractivity contribution in [1.82, 2.24) is 0 Å². The highest BCUT2D eigenvalue weighted by Gasteiger charge is 2.29. The highest BCUT2D eigenvalue weighted by molar-refractivity contribution is 6.32. The average Bonchev–Trinajstić information content (AvgIpc) is 3.43. The number of anilines is 1. The van der Waals surface area contributed by atoms with Gasteiger partial charge in [-0.15, -0.1) is 0 Å². The number of hydrogen-bond acceptors (Lipinski definition) is 5. The van der Waals surface area contributed by atoms with Crippen molar-refractivity contribution in [3.8, 4) is 11.3 Å². The molecule has 0 saturated carbocycles. The van der Waals surface area contributed by atoms with Crippen LogP contribution in [0.5, 0.6) is 0 Å². The van der Waals surface area contributed by atoms with Crippen LogP contribution in [0.3, 0.4) is 0 Å². The van der Waals surface area contributed by atoms with Gasteiger partial charge in [-0.25, -0.2) is 4.79 Å². The van der Waals surface area contributed by atoms with Crippen molar-refractivity contribution in [2.75, 3.05) is 5.01 Å². The van der Waals surface area contributed by atoms with Gasteiger partial charge in [0.2, 0.25) is 0 Å². The maximum atomic E-state index is 12.8. The Morgan fingerprint density at radius 2 is 1.86 bits per heavy atom. The van der Waals surface area contributed by atoms with E-state index in [4.69, 9.17) is 9.15 Å². The van der Waals surface area contributed by atoms with E-state index in [-0.39, 0.29) is 11.9 Å². The largest absolute Gasteiger partial charge is 0.457 e. The Hall–Kier alpha value is -3.93. The number of furan rings is 1. The second-order valence-corrected chi connectivity index (χ2v) is 6.85. The van der Waals surface area contributed by atoms with Crippen LogP contribution in [0.15, 0.2) is 75.8 Å². The molecule has 2 aliphatic rings. The lowest BCUT2D eigenvalue weighted by Crippen LogP contribution is -2.21. The van der Waals surface area contributed by atoms with Crippen LogP contribution >= 0.6 is 0 Å². The minimum Gasteiger partial charge on any atom is -0.457 e. The molecule has 0 radical (unpaired) electrons. The lowest BCUT2D eigenvalue weighted by molar-refractivity contribution is -0.114. The predicted molar refractivity (Wildman–Crippen MR) is 108 cm³/mol. The predicted octanol–water partition coefficient (Wildman–Crippen LogP) is 4.42. The van der Waals surface area contributed by atoms with Crippen molar-refractivity contribution in [2.45, 2.75) is 13.5 Å². The Morgan fingerprint density at radius 3 is 2.69 bits per heavy atom. The fourth-order valence-corrected chi connectivity index (χ4v) is 3.42. The summed E-state index contributed by atoms with van der Waals surface area (Å²) in [5, 5.41) is 5.76. The number of ether oxygens (including phenoxy) is 1. The SMILES string of the molecule is CC1=NN(c2ccccc2)C(=O)/C1=C\c1ccc(-c2ccc3c(c2)C(=O)OC3)o1. The number of amides is 1. The number of esters is 1. The standard InChI is InChI=1S/C23H16N2O4/c1-14-19(22(26)25(24-14)17-5-3-2-4-6-17)12-18-9-10-21(29-18)15-7-8-16-13-28-23(27)20(16)11-15/h2-12H,13H2,1H3/b19-12-. The van der Waals surface area contributed by atoms with Crippen molar-refractivity contribution in [1.29, 1.82) is 0 Å². The van der Waals surface area contributed by atoms with Crippen LogP contribution in [-0.4, -0.2) is 17.6 Å². The van der Waals surface area contributed by atoms with Gasteiger partial charge in [-0.05, 0) is 43.3 Å². The number of nitrogens with zero attached hydrogens (tertiary/aromatic N) is 2. The molecule has 0 aliphatic carbocycles. The van der Waals surface area contributed by atoms with E-state index in [0.717, 1.165) is 11.1 Å². The first-order valence-corrected chi connectivity index (χ1v) is 9.17. The molecule has 5 rings (SSSR count). The molecule has 6 nitrogen and oxygen atoms in total. The molecule has 0 atom stereocenters. The Bertz CT molecular complexity index is 1200. The van der Waals surface area contributed by atoms with Crippen LogP contribution in [0.2, 0.25) is 0 Å². The van der Waals surface area contributed by atoms with Gasteiger partial charge in [-0.2, -0.15) is 10.1 Å². The zero-order valence-corrected chi connectivity index (χ0v) is 15.6. The van der Waals surface area contributed by atoms with Crippen LogP contribution in [0.1, 0.15) is 28.6 Å². The molecule has 2 aromatic carbocycles. The van der Waals surface area contributed by atoms with Crippen molar-refractivity contribution >= 4 is 29.4 Å². The molecule has 3 aromatic rings. The van der Waals surface area contributed by atoms with E-state index >= 15 is 0 Å². The topological polar surface area (TPSA) is 72.1 Å². The number of rotatable bonds is 3. The summed E-state index contributed by atoms with van der Waals surface area (Å²) in [7, 11) is 0. The Balaban J connectivity index is 1.44. The van der Waals surface area contributed by atoms with Gasteiger partial charge in [0.15, 0.2) is 0 Å². The molecule has 0 saturated heterocycles. The van der Waals surface area contributed by atoms with Gasteiger partial charge in [0.1, 0.15) is 18.1 Å². The molecule has 6 heteroatoms. The maximum absolute atomic E-state index is 12.8. The quantitative estimate of drug-likeness (QED) is 0.495. The van der Waals surface area contributed by atoms with Gasteiger partial charge < -0.3 is 9.15 Å². The number of carbonyl (C=O) groups excluding carboxylic acids is 2. The monoisotopic (exact) mass is 384 g/mol. The van der Waals surface area contributed by atoms with Gasteiger partial charge in [-0.1, -0.05) is 30.3 Å². The second-order valence-electron chi connectivity index (χ2n) is 6.85. The molecule has 0 fully saturated rings. The molecule has 0 bridgehead atoms. The van der Waals surface area contributed by atoms with E-state index in [2.05, 4.69) is 5.10 Å². The smallest absolute Gasteiger partial charge is 0.338 e. The molecule has 1 aromatic heterocycles. The van der Waals surface area contributed by atoms with Crippen LogP contribution < -0.4 is 5.01 Å². The van der Waals surface area contributed by atoms with Crippen LogP contribution in [0.25, 0.3) is 17.4 Å². The maximum Gasteiger partial charge on any atom is 0.338 e. The first-order valence-electron chi connectivity index (χ1n) is 9.17. The normalized spacial score (nSPS) is 16.9. The third kappa shape index (κ3) is 2.95. The van der Waals surface area contributed by atoms with Gasteiger partial charge >= 0.3 is 5.97 Å². The van der Waals surface area contributed by atoms with Gasteiger partial charge in [0.05, 0.1) is 22.5 Å². The summed E-state index contributed by atoms with van der Waals surface area (Å²) < 4.78 is 11.0. The molecule has 142 valence electrons. The van der Waals surface area contributed by atoms with Crippen molar-refractivity contribution in [3.63, 3.8) is 0 Å². The zero-order valence-electron chi connectivity index (χ0n) is 15.6. The van der Waals surface area contributed by atoms with E-state index in [1.807, 2.05) is 48.5 Å². The molecular formula is C23H16N2O4. The molecular weight excluding hydrogens is 368 g/mol. The number of carbonyl (C=O) groups is 2.